The molecular weight excluding hydrogens is 473 g/mol. The normalized spacial score (nSPS) is 24.3. The number of aromatic nitrogens is 2. The maximum atomic E-state index is 13.6. The van der Waals surface area contributed by atoms with E-state index in [9.17, 15) is 28.2 Å². The van der Waals surface area contributed by atoms with E-state index in [1.165, 1.54) is 11.7 Å². The Kier molecular flexibility index (Phi) is 7.07. The number of carbonyl (C=O) groups excluding carboxylic acids is 1. The molecule has 2 aromatic rings. The zero-order valence-corrected chi connectivity index (χ0v) is 19.9. The number of hydrogen-bond donors (Lipinski definition) is 3. The number of aliphatic hydroxyl groups is 2. The predicted octanol–water partition coefficient (Wildman–Crippen LogP) is 2.02. The maximum absolute atomic E-state index is 13.6. The third-order valence-electron chi connectivity index (χ3n) is 6.71. The van der Waals surface area contributed by atoms with Crippen LogP contribution in [0.15, 0.2) is 12.4 Å². The molecule has 0 radical (unpaired) electrons. The second-order valence-electron chi connectivity index (χ2n) is 8.94. The van der Waals surface area contributed by atoms with Gasteiger partial charge in [-0.2, -0.15) is 18.3 Å². The molecule has 0 aromatic carbocycles. The van der Waals surface area contributed by atoms with Gasteiger partial charge in [-0.25, -0.2) is 0 Å². The number of likely N-dealkylation sites (tertiary alicyclic amines) is 1. The number of alkyl halides is 3. The molecule has 1 fully saturated rings. The molecule has 0 unspecified atom stereocenters. The van der Waals surface area contributed by atoms with E-state index in [1.807, 2.05) is 6.92 Å². The Morgan fingerprint density at radius 2 is 2.24 bits per heavy atom. The van der Waals surface area contributed by atoms with Crippen molar-refractivity contribution in [2.45, 2.75) is 69.8 Å². The van der Waals surface area contributed by atoms with Gasteiger partial charge >= 0.3 is 6.18 Å². The molecule has 4 heterocycles. The van der Waals surface area contributed by atoms with Crippen molar-refractivity contribution >= 4 is 17.2 Å². The fourth-order valence-electron chi connectivity index (χ4n) is 5.02. The Morgan fingerprint density at radius 3 is 2.88 bits per heavy atom. The summed E-state index contributed by atoms with van der Waals surface area (Å²) in [6.07, 6.45) is -0.757. The summed E-state index contributed by atoms with van der Waals surface area (Å²) in [5.41, 5.74) is 0.734. The molecule has 12 heteroatoms. The average molecular weight is 503 g/mol. The summed E-state index contributed by atoms with van der Waals surface area (Å²) < 4.78 is 48.5. The van der Waals surface area contributed by atoms with E-state index in [0.29, 0.717) is 49.4 Å². The molecule has 1 amide bonds. The van der Waals surface area contributed by atoms with E-state index in [2.05, 4.69) is 15.3 Å². The molecule has 0 aliphatic carbocycles. The number of amides is 1. The number of halogens is 3. The van der Waals surface area contributed by atoms with Gasteiger partial charge in [0.1, 0.15) is 10.5 Å². The van der Waals surface area contributed by atoms with Crippen LogP contribution >= 0.6 is 11.3 Å². The smallest absolute Gasteiger partial charge is 0.392 e. The van der Waals surface area contributed by atoms with Gasteiger partial charge in [-0.3, -0.25) is 14.4 Å². The van der Waals surface area contributed by atoms with Gasteiger partial charge in [-0.05, 0) is 31.7 Å². The van der Waals surface area contributed by atoms with Crippen LogP contribution in [0.25, 0.3) is 0 Å². The first-order valence-corrected chi connectivity index (χ1v) is 12.0. The standard InChI is InChI=1S/C22H29F3N4O4S/c1-13-7-21(18-15(3-6-33-21)16(12-30)19(34-18)22(23,24)25)4-5-28(13)9-14-8-27-29(10-14)11-17(31)20(32)26-2/h8,10,13,17,30-31H,3-7,9,11-12H2,1-2H3,(H,26,32)/t13-,17+,21+/m0/s1. The summed E-state index contributed by atoms with van der Waals surface area (Å²) in [6.45, 7) is 2.99. The highest BCUT2D eigenvalue weighted by Crippen LogP contribution is 2.51. The monoisotopic (exact) mass is 502 g/mol. The van der Waals surface area contributed by atoms with Crippen LogP contribution < -0.4 is 5.32 Å². The molecule has 3 atom stereocenters. The zero-order chi connectivity index (χ0) is 24.7. The summed E-state index contributed by atoms with van der Waals surface area (Å²) in [5, 5.41) is 26.2. The summed E-state index contributed by atoms with van der Waals surface area (Å²) in [5.74, 6) is -0.481. The van der Waals surface area contributed by atoms with Crippen molar-refractivity contribution in [2.24, 2.45) is 0 Å². The first-order valence-electron chi connectivity index (χ1n) is 11.2. The van der Waals surface area contributed by atoms with Crippen LogP contribution in [0.2, 0.25) is 0 Å². The van der Waals surface area contributed by atoms with Gasteiger partial charge in [0.2, 0.25) is 0 Å². The van der Waals surface area contributed by atoms with Crippen molar-refractivity contribution in [2.75, 3.05) is 20.2 Å². The number of piperidine rings is 1. The third kappa shape index (κ3) is 4.74. The lowest BCUT2D eigenvalue weighted by atomic mass is 9.81. The second kappa shape index (κ2) is 9.57. The van der Waals surface area contributed by atoms with E-state index in [-0.39, 0.29) is 18.2 Å². The highest BCUT2D eigenvalue weighted by atomic mass is 32.1. The Balaban J connectivity index is 1.48. The van der Waals surface area contributed by atoms with Gasteiger partial charge in [0.05, 0.1) is 26.0 Å². The Morgan fingerprint density at radius 1 is 1.47 bits per heavy atom. The quantitative estimate of drug-likeness (QED) is 0.559. The SMILES string of the molecule is CNC(=O)[C@H](O)Cn1cc(CN2CC[C@]3(C[C@@H]2C)OCCc2c3sc(C(F)(F)F)c2CO)cn1. The van der Waals surface area contributed by atoms with Gasteiger partial charge in [0, 0.05) is 48.4 Å². The van der Waals surface area contributed by atoms with Gasteiger partial charge < -0.3 is 20.3 Å². The van der Waals surface area contributed by atoms with Crippen LogP contribution in [0.1, 0.15) is 46.2 Å². The van der Waals surface area contributed by atoms with Crippen molar-refractivity contribution in [3.8, 4) is 0 Å². The summed E-state index contributed by atoms with van der Waals surface area (Å²) >= 11 is 0.721. The zero-order valence-electron chi connectivity index (χ0n) is 19.1. The number of nitrogens with one attached hydrogen (secondary N) is 1. The van der Waals surface area contributed by atoms with E-state index in [4.69, 9.17) is 4.74 Å². The third-order valence-corrected chi connectivity index (χ3v) is 8.21. The molecule has 8 nitrogen and oxygen atoms in total. The number of hydrogen-bond acceptors (Lipinski definition) is 7. The van der Waals surface area contributed by atoms with Crippen LogP contribution in [0.5, 0.6) is 0 Å². The Bertz CT molecular complexity index is 1040. The molecule has 2 aliphatic rings. The molecule has 2 aromatic heterocycles. The van der Waals surface area contributed by atoms with Crippen molar-refractivity contribution in [3.05, 3.63) is 38.8 Å². The van der Waals surface area contributed by atoms with Gasteiger partial charge in [-0.1, -0.05) is 0 Å². The molecule has 3 N–H and O–H groups in total. The number of rotatable bonds is 6. The van der Waals surface area contributed by atoms with E-state index in [0.717, 1.165) is 16.9 Å². The van der Waals surface area contributed by atoms with Crippen LogP contribution in [-0.4, -0.2) is 63.1 Å². The molecule has 188 valence electrons. The summed E-state index contributed by atoms with van der Waals surface area (Å²) in [7, 11) is 1.45. The van der Waals surface area contributed by atoms with Gasteiger partial charge in [0.25, 0.3) is 5.91 Å². The van der Waals surface area contributed by atoms with Crippen LogP contribution in [0, 0.1) is 0 Å². The summed E-state index contributed by atoms with van der Waals surface area (Å²) in [4.78, 5) is 13.6. The Labute approximate surface area is 199 Å². The fraction of sp³-hybridized carbons (Fsp3) is 0.636. The molecule has 4 rings (SSSR count). The van der Waals surface area contributed by atoms with Crippen molar-refractivity contribution in [1.82, 2.24) is 20.0 Å². The van der Waals surface area contributed by atoms with E-state index < -0.39 is 35.3 Å². The minimum Gasteiger partial charge on any atom is -0.392 e. The molecule has 0 saturated carbocycles. The number of ether oxygens (including phenoxy) is 1. The molecule has 1 saturated heterocycles. The molecule has 1 spiro atoms. The van der Waals surface area contributed by atoms with Crippen molar-refractivity contribution in [3.63, 3.8) is 0 Å². The number of aliphatic hydroxyl groups excluding tert-OH is 2. The number of likely N-dealkylation sites (N-methyl/N-ethyl adjacent to an activating group) is 1. The molecule has 0 bridgehead atoms. The topological polar surface area (TPSA) is 99.9 Å². The lowest BCUT2D eigenvalue weighted by molar-refractivity contribution is -0.135. The van der Waals surface area contributed by atoms with Crippen LogP contribution in [-0.2, 0) is 47.4 Å². The maximum Gasteiger partial charge on any atom is 0.425 e. The number of thiophene rings is 1. The molecular formula is C22H29F3N4O4S. The average Bonchev–Trinajstić information content (AvgIpc) is 3.40. The predicted molar refractivity (Wildman–Crippen MR) is 118 cm³/mol. The van der Waals surface area contributed by atoms with E-state index >= 15 is 0 Å². The van der Waals surface area contributed by atoms with Crippen LogP contribution in [0.4, 0.5) is 13.2 Å². The highest BCUT2D eigenvalue weighted by Gasteiger charge is 2.48. The van der Waals surface area contributed by atoms with Crippen molar-refractivity contribution < 1.29 is 32.9 Å². The van der Waals surface area contributed by atoms with E-state index in [1.54, 1.807) is 12.4 Å². The fourth-order valence-corrected chi connectivity index (χ4v) is 6.43. The minimum absolute atomic E-state index is 0.00314. The summed E-state index contributed by atoms with van der Waals surface area (Å²) in [6, 6.07) is 0.0357. The highest BCUT2D eigenvalue weighted by molar-refractivity contribution is 7.12. The number of fused-ring (bicyclic) bond motifs is 2. The first-order chi connectivity index (χ1) is 16.1. The first kappa shape index (κ1) is 25.1. The minimum atomic E-state index is -4.50. The van der Waals surface area contributed by atoms with Gasteiger partial charge in [0.15, 0.2) is 6.10 Å². The molecule has 34 heavy (non-hydrogen) atoms. The lowest BCUT2D eigenvalue weighted by Gasteiger charge is -2.47. The lowest BCUT2D eigenvalue weighted by Crippen LogP contribution is -2.50. The van der Waals surface area contributed by atoms with Gasteiger partial charge in [-0.15, -0.1) is 11.3 Å². The Hall–Kier alpha value is -1.99. The number of carbonyl (C=O) groups is 1. The largest absolute Gasteiger partial charge is 0.425 e. The van der Waals surface area contributed by atoms with Crippen LogP contribution in [0.3, 0.4) is 0 Å². The van der Waals surface area contributed by atoms with Crippen molar-refractivity contribution in [1.29, 1.82) is 0 Å². The molecule has 2 aliphatic heterocycles. The number of nitrogens with zero attached hydrogens (tertiary/aromatic N) is 3. The second-order valence-corrected chi connectivity index (χ2v) is 9.96.